The van der Waals surface area contributed by atoms with Crippen LogP contribution in [0, 0.1) is 0 Å². The van der Waals surface area contributed by atoms with E-state index in [0.717, 1.165) is 38.4 Å². The first-order valence-corrected chi connectivity index (χ1v) is 9.14. The fraction of sp³-hybridized carbons (Fsp3) is 0.333. The van der Waals surface area contributed by atoms with Gasteiger partial charge in [0.25, 0.3) is 5.91 Å². The van der Waals surface area contributed by atoms with E-state index in [1.807, 2.05) is 30.3 Å². The minimum Gasteiger partial charge on any atom is -0.497 e. The summed E-state index contributed by atoms with van der Waals surface area (Å²) in [4.78, 5) is 14.6. The first-order valence-electron chi connectivity index (χ1n) is 9.14. The maximum atomic E-state index is 12.3. The lowest BCUT2D eigenvalue weighted by Gasteiger charge is -2.26. The predicted octanol–water partition coefficient (Wildman–Crippen LogP) is 2.30. The number of benzene rings is 2. The van der Waals surface area contributed by atoms with Gasteiger partial charge >= 0.3 is 0 Å². The van der Waals surface area contributed by atoms with Crippen molar-refractivity contribution in [2.45, 2.75) is 6.54 Å². The molecule has 7 nitrogen and oxygen atoms in total. The van der Waals surface area contributed by atoms with Crippen LogP contribution in [0.1, 0.15) is 21.5 Å². The van der Waals surface area contributed by atoms with Crippen LogP contribution in [0.4, 0.5) is 0 Å². The smallest absolute Gasteiger partial charge is 0.271 e. The second-order valence-corrected chi connectivity index (χ2v) is 6.39. The molecule has 0 radical (unpaired) electrons. The number of amides is 1. The van der Waals surface area contributed by atoms with E-state index in [-0.39, 0.29) is 5.91 Å². The number of nitrogens with zero attached hydrogens (tertiary/aromatic N) is 2. The van der Waals surface area contributed by atoms with E-state index in [4.69, 9.17) is 14.2 Å². The van der Waals surface area contributed by atoms with Gasteiger partial charge in [-0.05, 0) is 29.8 Å². The van der Waals surface area contributed by atoms with Gasteiger partial charge in [-0.25, -0.2) is 5.43 Å². The Hall–Kier alpha value is -2.90. The lowest BCUT2D eigenvalue weighted by molar-refractivity contribution is 0.0342. The van der Waals surface area contributed by atoms with Crippen LogP contribution in [-0.2, 0) is 11.3 Å². The van der Waals surface area contributed by atoms with Crippen molar-refractivity contribution in [3.63, 3.8) is 0 Å². The van der Waals surface area contributed by atoms with Crippen LogP contribution in [0.3, 0.4) is 0 Å². The predicted molar refractivity (Wildman–Crippen MR) is 107 cm³/mol. The van der Waals surface area contributed by atoms with Crippen LogP contribution in [0.25, 0.3) is 0 Å². The molecule has 1 heterocycles. The van der Waals surface area contributed by atoms with Crippen molar-refractivity contribution in [2.75, 3.05) is 40.5 Å². The SMILES string of the molecule is COc1ccc(/C=N\NC(=O)c2ccc(CN3CCOCC3)cc2)c(OC)c1. The molecular weight excluding hydrogens is 358 g/mol. The van der Waals surface area contributed by atoms with E-state index in [1.54, 1.807) is 32.6 Å². The van der Waals surface area contributed by atoms with Crippen molar-refractivity contribution in [3.05, 3.63) is 59.2 Å². The fourth-order valence-corrected chi connectivity index (χ4v) is 2.93. The molecule has 0 unspecified atom stereocenters. The Balaban J connectivity index is 1.56. The molecule has 28 heavy (non-hydrogen) atoms. The first-order chi connectivity index (χ1) is 13.7. The molecule has 0 saturated carbocycles. The third-order valence-corrected chi connectivity index (χ3v) is 4.54. The molecule has 0 bridgehead atoms. The van der Waals surface area contributed by atoms with Gasteiger partial charge < -0.3 is 14.2 Å². The maximum absolute atomic E-state index is 12.3. The number of carbonyl (C=O) groups excluding carboxylic acids is 1. The van der Waals surface area contributed by atoms with Crippen LogP contribution in [-0.4, -0.2) is 57.5 Å². The summed E-state index contributed by atoms with van der Waals surface area (Å²) in [5, 5.41) is 4.03. The number of methoxy groups -OCH3 is 2. The molecule has 3 rings (SSSR count). The number of nitrogens with one attached hydrogen (secondary N) is 1. The molecule has 148 valence electrons. The normalized spacial score (nSPS) is 14.8. The number of hydrazone groups is 1. The van der Waals surface area contributed by atoms with E-state index in [1.165, 1.54) is 5.56 Å². The maximum Gasteiger partial charge on any atom is 0.271 e. The molecule has 1 fully saturated rings. The van der Waals surface area contributed by atoms with Crippen molar-refractivity contribution in [3.8, 4) is 11.5 Å². The van der Waals surface area contributed by atoms with Crippen molar-refractivity contribution in [1.29, 1.82) is 0 Å². The van der Waals surface area contributed by atoms with Crippen molar-refractivity contribution in [1.82, 2.24) is 10.3 Å². The Morgan fingerprint density at radius 3 is 2.57 bits per heavy atom. The Labute approximate surface area is 164 Å². The molecule has 2 aromatic carbocycles. The highest BCUT2D eigenvalue weighted by Crippen LogP contribution is 2.23. The highest BCUT2D eigenvalue weighted by atomic mass is 16.5. The number of carbonyl (C=O) groups is 1. The number of hydrogen-bond acceptors (Lipinski definition) is 6. The van der Waals surface area contributed by atoms with Gasteiger partial charge in [0.15, 0.2) is 0 Å². The zero-order chi connectivity index (χ0) is 19.8. The molecular formula is C21H25N3O4. The number of rotatable bonds is 7. The molecule has 7 heteroatoms. The Kier molecular flexibility index (Phi) is 7.00. The van der Waals surface area contributed by atoms with Gasteiger partial charge in [0.05, 0.1) is 33.6 Å². The molecule has 0 atom stereocenters. The molecule has 1 saturated heterocycles. The highest BCUT2D eigenvalue weighted by molar-refractivity contribution is 5.95. The summed E-state index contributed by atoms with van der Waals surface area (Å²) in [7, 11) is 3.16. The fourth-order valence-electron chi connectivity index (χ4n) is 2.93. The van der Waals surface area contributed by atoms with Gasteiger partial charge in [-0.15, -0.1) is 0 Å². The van der Waals surface area contributed by atoms with Crippen molar-refractivity contribution >= 4 is 12.1 Å². The van der Waals surface area contributed by atoms with E-state index >= 15 is 0 Å². The van der Waals surface area contributed by atoms with Crippen molar-refractivity contribution < 1.29 is 19.0 Å². The average molecular weight is 383 g/mol. The lowest BCUT2D eigenvalue weighted by atomic mass is 10.1. The zero-order valence-electron chi connectivity index (χ0n) is 16.2. The standard InChI is InChI=1S/C21H25N3O4/c1-26-19-8-7-18(20(13-19)27-2)14-22-23-21(25)17-5-3-16(4-6-17)15-24-9-11-28-12-10-24/h3-8,13-14H,9-12,15H2,1-2H3,(H,23,25)/b22-14-. The van der Waals surface area contributed by atoms with Crippen LogP contribution >= 0.6 is 0 Å². The van der Waals surface area contributed by atoms with E-state index < -0.39 is 0 Å². The third-order valence-electron chi connectivity index (χ3n) is 4.54. The zero-order valence-corrected chi connectivity index (χ0v) is 16.2. The van der Waals surface area contributed by atoms with E-state index in [0.29, 0.717) is 17.1 Å². The molecule has 1 aliphatic heterocycles. The van der Waals surface area contributed by atoms with Crippen LogP contribution in [0.5, 0.6) is 11.5 Å². The Morgan fingerprint density at radius 2 is 1.89 bits per heavy atom. The highest BCUT2D eigenvalue weighted by Gasteiger charge is 2.11. The van der Waals surface area contributed by atoms with Crippen LogP contribution in [0.15, 0.2) is 47.6 Å². The summed E-state index contributed by atoms with van der Waals surface area (Å²) >= 11 is 0. The van der Waals surface area contributed by atoms with Gasteiger partial charge in [-0.3, -0.25) is 9.69 Å². The molecule has 0 aliphatic carbocycles. The summed E-state index contributed by atoms with van der Waals surface area (Å²) in [5.41, 5.74) is 5.02. The van der Waals surface area contributed by atoms with Gasteiger partial charge in [0, 0.05) is 36.8 Å². The average Bonchev–Trinajstić information content (AvgIpc) is 2.75. The molecule has 2 aromatic rings. The van der Waals surface area contributed by atoms with E-state index in [2.05, 4.69) is 15.4 Å². The third kappa shape index (κ3) is 5.31. The summed E-state index contributed by atoms with van der Waals surface area (Å²) < 4.78 is 15.8. The van der Waals surface area contributed by atoms with Gasteiger partial charge in [-0.1, -0.05) is 12.1 Å². The lowest BCUT2D eigenvalue weighted by Crippen LogP contribution is -2.35. The Bertz CT molecular complexity index is 815. The first kappa shape index (κ1) is 19.9. The van der Waals surface area contributed by atoms with Crippen LogP contribution < -0.4 is 14.9 Å². The van der Waals surface area contributed by atoms with Crippen molar-refractivity contribution in [2.24, 2.45) is 5.10 Å². The summed E-state index contributed by atoms with van der Waals surface area (Å²) in [6.07, 6.45) is 1.54. The minimum atomic E-state index is -0.262. The summed E-state index contributed by atoms with van der Waals surface area (Å²) in [5.74, 6) is 1.04. The number of morpholine rings is 1. The number of hydrogen-bond donors (Lipinski definition) is 1. The molecule has 1 amide bonds. The monoisotopic (exact) mass is 383 g/mol. The molecule has 0 spiro atoms. The topological polar surface area (TPSA) is 72.4 Å². The Morgan fingerprint density at radius 1 is 1.14 bits per heavy atom. The minimum absolute atomic E-state index is 0.262. The second kappa shape index (κ2) is 9.87. The van der Waals surface area contributed by atoms with Gasteiger partial charge in [-0.2, -0.15) is 5.10 Å². The summed E-state index contributed by atoms with van der Waals surface area (Å²) in [6, 6.07) is 13.0. The van der Waals surface area contributed by atoms with Crippen LogP contribution in [0.2, 0.25) is 0 Å². The second-order valence-electron chi connectivity index (χ2n) is 6.39. The van der Waals surface area contributed by atoms with Gasteiger partial charge in [0.1, 0.15) is 11.5 Å². The largest absolute Gasteiger partial charge is 0.497 e. The summed E-state index contributed by atoms with van der Waals surface area (Å²) in [6.45, 7) is 4.28. The van der Waals surface area contributed by atoms with Gasteiger partial charge in [0.2, 0.25) is 0 Å². The molecule has 1 aliphatic rings. The number of ether oxygens (including phenoxy) is 3. The molecule has 1 N–H and O–H groups in total. The van der Waals surface area contributed by atoms with E-state index in [9.17, 15) is 4.79 Å². The quantitative estimate of drug-likeness (QED) is 0.587. The molecule has 0 aromatic heterocycles.